The van der Waals surface area contributed by atoms with Gasteiger partial charge in [-0.05, 0) is 19.1 Å². The van der Waals surface area contributed by atoms with Crippen LogP contribution in [0.5, 0.6) is 0 Å². The Labute approximate surface area is 147 Å². The minimum absolute atomic E-state index is 0.110. The number of benzene rings is 1. The van der Waals surface area contributed by atoms with Crippen LogP contribution in [0.25, 0.3) is 11.0 Å². The fraction of sp³-hybridized carbons (Fsp3) is 0.438. The molecule has 26 heavy (non-hydrogen) atoms. The number of hydrogen-bond acceptors (Lipinski definition) is 5. The van der Waals surface area contributed by atoms with E-state index < -0.39 is 24.8 Å². The van der Waals surface area contributed by atoms with Crippen LogP contribution in [0, 0.1) is 6.92 Å². The number of hydrogen-bond donors (Lipinski definition) is 1. The molecule has 1 aromatic carbocycles. The molecule has 0 aliphatic carbocycles. The number of carbonyl (C=O) groups is 2. The Kier molecular flexibility index (Phi) is 6.42. The van der Waals surface area contributed by atoms with Crippen LogP contribution in [-0.4, -0.2) is 47.5 Å². The molecule has 0 radical (unpaired) electrons. The maximum Gasteiger partial charge on any atom is 0.422 e. The molecule has 1 N–H and O–H groups in total. The topological polar surface area (TPSA) is 82.5 Å². The molecule has 10 heteroatoms. The van der Waals surface area contributed by atoms with Gasteiger partial charge in [0.25, 0.3) is 0 Å². The number of nitrogens with zero attached hydrogens (tertiary/aromatic N) is 2. The quantitative estimate of drug-likeness (QED) is 0.755. The van der Waals surface area contributed by atoms with Crippen LogP contribution in [0.15, 0.2) is 24.3 Å². The van der Waals surface area contributed by atoms with Crippen molar-refractivity contribution in [2.75, 3.05) is 19.8 Å². The van der Waals surface area contributed by atoms with Gasteiger partial charge in [-0.1, -0.05) is 12.1 Å². The van der Waals surface area contributed by atoms with Crippen molar-refractivity contribution in [1.82, 2.24) is 14.9 Å². The summed E-state index contributed by atoms with van der Waals surface area (Å²) in [7, 11) is 0. The van der Waals surface area contributed by atoms with E-state index in [0.717, 1.165) is 16.9 Å². The van der Waals surface area contributed by atoms with E-state index in [2.05, 4.69) is 9.72 Å². The van der Waals surface area contributed by atoms with Crippen LogP contribution in [-0.2, 0) is 20.8 Å². The van der Waals surface area contributed by atoms with Gasteiger partial charge in [0.2, 0.25) is 0 Å². The van der Waals surface area contributed by atoms with Gasteiger partial charge in [-0.2, -0.15) is 13.2 Å². The molecule has 2 aromatic rings. The highest BCUT2D eigenvalue weighted by Crippen LogP contribution is 2.15. The average molecular weight is 373 g/mol. The molecule has 1 amide bonds. The number of para-hydroxylation sites is 2. The summed E-state index contributed by atoms with van der Waals surface area (Å²) in [6.45, 7) is 0.514. The van der Waals surface area contributed by atoms with Crippen LogP contribution in [0.1, 0.15) is 12.2 Å². The molecule has 2 rings (SSSR count). The largest absolute Gasteiger partial charge is 0.464 e. The van der Waals surface area contributed by atoms with E-state index in [9.17, 15) is 22.8 Å². The minimum atomic E-state index is -4.59. The van der Waals surface area contributed by atoms with Crippen molar-refractivity contribution in [3.8, 4) is 0 Å². The third kappa shape index (κ3) is 5.94. The van der Waals surface area contributed by atoms with E-state index >= 15 is 0 Å². The zero-order chi connectivity index (χ0) is 19.2. The van der Waals surface area contributed by atoms with Crippen molar-refractivity contribution in [3.05, 3.63) is 30.1 Å². The third-order valence-electron chi connectivity index (χ3n) is 3.39. The summed E-state index contributed by atoms with van der Waals surface area (Å²) < 4.78 is 46.5. The summed E-state index contributed by atoms with van der Waals surface area (Å²) in [4.78, 5) is 27.0. The van der Waals surface area contributed by atoms with Gasteiger partial charge in [-0.15, -0.1) is 0 Å². The number of rotatable bonds is 7. The lowest BCUT2D eigenvalue weighted by Crippen LogP contribution is -2.30. The van der Waals surface area contributed by atoms with E-state index in [1.165, 1.54) is 0 Å². The molecule has 0 spiro atoms. The number of carbonyl (C=O) groups excluding carboxylic acids is 2. The molecule has 0 saturated heterocycles. The highest BCUT2D eigenvalue weighted by atomic mass is 19.4. The Morgan fingerprint density at radius 3 is 2.69 bits per heavy atom. The molecule has 1 heterocycles. The Balaban J connectivity index is 1.67. The number of nitrogens with one attached hydrogen (secondary N) is 1. The second kappa shape index (κ2) is 8.54. The van der Waals surface area contributed by atoms with Gasteiger partial charge in [0.15, 0.2) is 6.61 Å². The number of alkyl halides is 3. The number of aryl methyl sites for hydroxylation is 1. The van der Waals surface area contributed by atoms with E-state index in [4.69, 9.17) is 4.74 Å². The third-order valence-corrected chi connectivity index (χ3v) is 3.39. The fourth-order valence-electron chi connectivity index (χ4n) is 2.27. The first-order chi connectivity index (χ1) is 12.3. The SMILES string of the molecule is Cc1nc2ccccc2n1CCOC(=O)CCNC(=O)OCC(F)(F)F. The lowest BCUT2D eigenvalue weighted by molar-refractivity contribution is -0.160. The molecular formula is C16H18F3N3O4. The summed E-state index contributed by atoms with van der Waals surface area (Å²) >= 11 is 0. The van der Waals surface area contributed by atoms with Crippen molar-refractivity contribution >= 4 is 23.1 Å². The molecule has 1 aromatic heterocycles. The van der Waals surface area contributed by atoms with Gasteiger partial charge in [-0.3, -0.25) is 4.79 Å². The van der Waals surface area contributed by atoms with Crippen molar-refractivity contribution in [2.24, 2.45) is 0 Å². The number of amides is 1. The highest BCUT2D eigenvalue weighted by molar-refractivity contribution is 5.76. The summed E-state index contributed by atoms with van der Waals surface area (Å²) in [5, 5.41) is 2.05. The first kappa shape index (κ1) is 19.5. The normalized spacial score (nSPS) is 11.4. The molecule has 0 fully saturated rings. The van der Waals surface area contributed by atoms with Crippen molar-refractivity contribution in [3.63, 3.8) is 0 Å². The van der Waals surface area contributed by atoms with Crippen molar-refractivity contribution in [1.29, 1.82) is 0 Å². The average Bonchev–Trinajstić information content (AvgIpc) is 2.88. The number of imidazole rings is 1. The maximum absolute atomic E-state index is 11.9. The zero-order valence-corrected chi connectivity index (χ0v) is 14.0. The fourth-order valence-corrected chi connectivity index (χ4v) is 2.27. The highest BCUT2D eigenvalue weighted by Gasteiger charge is 2.29. The zero-order valence-electron chi connectivity index (χ0n) is 14.0. The molecule has 142 valence electrons. The number of halogens is 3. The first-order valence-corrected chi connectivity index (χ1v) is 7.81. The number of alkyl carbamates (subject to hydrolysis) is 1. The second-order valence-corrected chi connectivity index (χ2v) is 5.39. The number of esters is 1. The van der Waals surface area contributed by atoms with Crippen LogP contribution >= 0.6 is 0 Å². The number of ether oxygens (including phenoxy) is 2. The smallest absolute Gasteiger partial charge is 0.422 e. The molecule has 0 bridgehead atoms. The standard InChI is InChI=1S/C16H18F3N3O4/c1-11-21-12-4-2-3-5-13(12)22(11)8-9-25-14(23)6-7-20-15(24)26-10-16(17,18)19/h2-5H,6-10H2,1H3,(H,20,24). The van der Waals surface area contributed by atoms with Gasteiger partial charge in [0, 0.05) is 6.54 Å². The monoisotopic (exact) mass is 373 g/mol. The predicted molar refractivity (Wildman–Crippen MR) is 85.5 cm³/mol. The first-order valence-electron chi connectivity index (χ1n) is 7.81. The summed E-state index contributed by atoms with van der Waals surface area (Å²) in [6, 6.07) is 7.56. The van der Waals surface area contributed by atoms with Crippen LogP contribution in [0.2, 0.25) is 0 Å². The number of aromatic nitrogens is 2. The Bertz CT molecular complexity index is 774. The summed E-state index contributed by atoms with van der Waals surface area (Å²) in [5.74, 6) is 0.208. The van der Waals surface area contributed by atoms with Crippen LogP contribution in [0.4, 0.5) is 18.0 Å². The molecule has 0 saturated carbocycles. The van der Waals surface area contributed by atoms with Crippen LogP contribution < -0.4 is 5.32 Å². The molecule has 7 nitrogen and oxygen atoms in total. The number of fused-ring (bicyclic) bond motifs is 1. The van der Waals surface area contributed by atoms with Gasteiger partial charge < -0.3 is 19.4 Å². The molecule has 0 unspecified atom stereocenters. The lowest BCUT2D eigenvalue weighted by Gasteiger charge is -2.10. The Hall–Kier alpha value is -2.78. The van der Waals surface area contributed by atoms with Gasteiger partial charge in [0.05, 0.1) is 24.0 Å². The van der Waals surface area contributed by atoms with E-state index in [1.807, 2.05) is 41.1 Å². The van der Waals surface area contributed by atoms with E-state index in [-0.39, 0.29) is 19.6 Å². The summed E-state index contributed by atoms with van der Waals surface area (Å²) in [6.07, 6.45) is -6.01. The van der Waals surface area contributed by atoms with E-state index in [0.29, 0.717) is 6.54 Å². The Morgan fingerprint density at radius 1 is 1.23 bits per heavy atom. The summed E-state index contributed by atoms with van der Waals surface area (Å²) in [5.41, 5.74) is 1.77. The van der Waals surface area contributed by atoms with Gasteiger partial charge in [-0.25, -0.2) is 9.78 Å². The van der Waals surface area contributed by atoms with Gasteiger partial charge >= 0.3 is 18.2 Å². The lowest BCUT2D eigenvalue weighted by atomic mass is 10.3. The molecule has 0 aliphatic rings. The Morgan fingerprint density at radius 2 is 1.96 bits per heavy atom. The molecular weight excluding hydrogens is 355 g/mol. The van der Waals surface area contributed by atoms with E-state index in [1.54, 1.807) is 0 Å². The molecule has 0 atom stereocenters. The minimum Gasteiger partial charge on any atom is -0.464 e. The van der Waals surface area contributed by atoms with Crippen LogP contribution in [0.3, 0.4) is 0 Å². The second-order valence-electron chi connectivity index (χ2n) is 5.39. The van der Waals surface area contributed by atoms with Gasteiger partial charge in [0.1, 0.15) is 12.4 Å². The predicted octanol–water partition coefficient (Wildman–Crippen LogP) is 2.57. The molecule has 0 aliphatic heterocycles. The maximum atomic E-state index is 11.9. The van der Waals surface area contributed by atoms with Crippen molar-refractivity contribution < 1.29 is 32.2 Å². The van der Waals surface area contributed by atoms with Crippen molar-refractivity contribution in [2.45, 2.75) is 26.1 Å².